The van der Waals surface area contributed by atoms with Crippen molar-refractivity contribution in [1.82, 2.24) is 10.3 Å². The first kappa shape index (κ1) is 16.1. The standard InChI is InChI=1S/C20H18N2OS2/c23-20(11-14-5-3-9-24-14)22-13-17(19-8-4-10-25-19)16-12-21-18-7-2-1-6-15(16)18/h1-10,12,17,21H,11,13H2,(H,22,23)/t17-/m1/s1. The Balaban J connectivity index is 1.56. The first-order chi connectivity index (χ1) is 12.3. The number of para-hydroxylation sites is 1. The fourth-order valence-corrected chi connectivity index (χ4v) is 4.63. The highest BCUT2D eigenvalue weighted by molar-refractivity contribution is 7.10. The molecule has 0 unspecified atom stereocenters. The molecule has 0 saturated heterocycles. The van der Waals surface area contributed by atoms with E-state index in [1.807, 2.05) is 23.6 Å². The molecule has 4 rings (SSSR count). The van der Waals surface area contributed by atoms with Gasteiger partial charge >= 0.3 is 0 Å². The Labute approximate surface area is 154 Å². The van der Waals surface area contributed by atoms with Crippen LogP contribution in [0.4, 0.5) is 0 Å². The number of amides is 1. The van der Waals surface area contributed by atoms with Crippen LogP contribution in [-0.2, 0) is 11.2 Å². The smallest absolute Gasteiger partial charge is 0.225 e. The summed E-state index contributed by atoms with van der Waals surface area (Å²) in [6.45, 7) is 0.604. The highest BCUT2D eigenvalue weighted by Gasteiger charge is 2.20. The van der Waals surface area contributed by atoms with Gasteiger partial charge in [0, 0.05) is 39.3 Å². The summed E-state index contributed by atoms with van der Waals surface area (Å²) in [7, 11) is 0. The molecule has 3 heterocycles. The Hall–Kier alpha value is -2.37. The number of hydrogen-bond donors (Lipinski definition) is 2. The number of nitrogens with one attached hydrogen (secondary N) is 2. The van der Waals surface area contributed by atoms with Crippen LogP contribution in [0.5, 0.6) is 0 Å². The Morgan fingerprint density at radius 2 is 1.88 bits per heavy atom. The monoisotopic (exact) mass is 366 g/mol. The molecule has 25 heavy (non-hydrogen) atoms. The summed E-state index contributed by atoms with van der Waals surface area (Å²) in [6, 6.07) is 16.5. The maximum absolute atomic E-state index is 12.3. The van der Waals surface area contributed by atoms with Crippen LogP contribution in [0, 0.1) is 0 Å². The molecular weight excluding hydrogens is 348 g/mol. The molecular formula is C20H18N2OS2. The van der Waals surface area contributed by atoms with E-state index in [4.69, 9.17) is 0 Å². The van der Waals surface area contributed by atoms with Crippen molar-refractivity contribution < 1.29 is 4.79 Å². The molecule has 1 aromatic carbocycles. The summed E-state index contributed by atoms with van der Waals surface area (Å²) in [4.78, 5) is 18.0. The Morgan fingerprint density at radius 3 is 2.68 bits per heavy atom. The van der Waals surface area contributed by atoms with E-state index in [-0.39, 0.29) is 11.8 Å². The van der Waals surface area contributed by atoms with Gasteiger partial charge in [-0.2, -0.15) is 0 Å². The summed E-state index contributed by atoms with van der Waals surface area (Å²) in [6.07, 6.45) is 2.52. The zero-order chi connectivity index (χ0) is 17.1. The average Bonchev–Trinajstić information content (AvgIpc) is 3.37. The topological polar surface area (TPSA) is 44.9 Å². The van der Waals surface area contributed by atoms with Crippen LogP contribution in [-0.4, -0.2) is 17.4 Å². The number of hydrogen-bond acceptors (Lipinski definition) is 3. The highest BCUT2D eigenvalue weighted by Crippen LogP contribution is 2.32. The summed E-state index contributed by atoms with van der Waals surface area (Å²) in [5.74, 6) is 0.229. The second kappa shape index (κ2) is 7.25. The van der Waals surface area contributed by atoms with Gasteiger partial charge in [0.05, 0.1) is 6.42 Å². The molecule has 0 saturated carbocycles. The van der Waals surface area contributed by atoms with Crippen LogP contribution < -0.4 is 5.32 Å². The van der Waals surface area contributed by atoms with Gasteiger partial charge in [-0.3, -0.25) is 4.79 Å². The molecule has 126 valence electrons. The molecule has 5 heteroatoms. The summed E-state index contributed by atoms with van der Waals surface area (Å²) >= 11 is 3.35. The lowest BCUT2D eigenvalue weighted by Crippen LogP contribution is -2.29. The summed E-state index contributed by atoms with van der Waals surface area (Å²) in [5, 5.41) is 8.43. The van der Waals surface area contributed by atoms with Crippen molar-refractivity contribution in [3.05, 3.63) is 80.8 Å². The van der Waals surface area contributed by atoms with Gasteiger partial charge in [0.1, 0.15) is 0 Å². The third-order valence-electron chi connectivity index (χ3n) is 4.30. The van der Waals surface area contributed by atoms with Gasteiger partial charge in [-0.25, -0.2) is 0 Å². The van der Waals surface area contributed by atoms with Crippen molar-refractivity contribution in [2.75, 3.05) is 6.54 Å². The average molecular weight is 367 g/mol. The molecule has 3 nitrogen and oxygen atoms in total. The van der Waals surface area contributed by atoms with Crippen molar-refractivity contribution in [3.63, 3.8) is 0 Å². The number of fused-ring (bicyclic) bond motifs is 1. The van der Waals surface area contributed by atoms with Crippen LogP contribution in [0.3, 0.4) is 0 Å². The van der Waals surface area contributed by atoms with Crippen LogP contribution in [0.15, 0.2) is 65.5 Å². The van der Waals surface area contributed by atoms with Crippen LogP contribution >= 0.6 is 22.7 Å². The molecule has 0 radical (unpaired) electrons. The van der Waals surface area contributed by atoms with Gasteiger partial charge in [0.15, 0.2) is 0 Å². The number of carbonyl (C=O) groups is 1. The van der Waals surface area contributed by atoms with Crippen molar-refractivity contribution in [3.8, 4) is 0 Å². The molecule has 0 aliphatic carbocycles. The fraction of sp³-hybridized carbons (Fsp3) is 0.150. The Kier molecular flexibility index (Phi) is 4.68. The number of carbonyl (C=O) groups excluding carboxylic acids is 1. The molecule has 1 amide bonds. The van der Waals surface area contributed by atoms with E-state index in [2.05, 4.69) is 52.2 Å². The number of thiophene rings is 2. The van der Waals surface area contributed by atoms with Crippen molar-refractivity contribution in [2.24, 2.45) is 0 Å². The normalized spacial score (nSPS) is 12.3. The first-order valence-corrected chi connectivity index (χ1v) is 9.95. The number of aromatic amines is 1. The molecule has 0 spiro atoms. The SMILES string of the molecule is O=C(Cc1cccs1)NC[C@@H](c1cccs1)c1c[nH]c2ccccc12. The lowest BCUT2D eigenvalue weighted by molar-refractivity contribution is -0.120. The zero-order valence-electron chi connectivity index (χ0n) is 13.6. The van der Waals surface area contributed by atoms with Gasteiger partial charge in [0.25, 0.3) is 0 Å². The molecule has 0 aliphatic heterocycles. The van der Waals surface area contributed by atoms with Gasteiger partial charge in [0.2, 0.25) is 5.91 Å². The van der Waals surface area contributed by atoms with Crippen molar-refractivity contribution in [1.29, 1.82) is 0 Å². The van der Waals surface area contributed by atoms with E-state index in [0.717, 1.165) is 10.4 Å². The predicted octanol–water partition coefficient (Wildman–Crippen LogP) is 4.78. The largest absolute Gasteiger partial charge is 0.361 e. The molecule has 1 atom stereocenters. The third-order valence-corrected chi connectivity index (χ3v) is 6.16. The lowest BCUT2D eigenvalue weighted by atomic mass is 9.96. The number of rotatable bonds is 6. The van der Waals surface area contributed by atoms with Crippen LogP contribution in [0.25, 0.3) is 10.9 Å². The maximum atomic E-state index is 12.3. The van der Waals surface area contributed by atoms with Crippen LogP contribution in [0.2, 0.25) is 0 Å². The Morgan fingerprint density at radius 1 is 1.04 bits per heavy atom. The van der Waals surface area contributed by atoms with E-state index in [1.165, 1.54) is 15.8 Å². The van der Waals surface area contributed by atoms with E-state index in [9.17, 15) is 4.79 Å². The molecule has 0 aliphatic rings. The van der Waals surface area contributed by atoms with Gasteiger partial charge in [-0.15, -0.1) is 22.7 Å². The van der Waals surface area contributed by atoms with E-state index in [1.54, 1.807) is 22.7 Å². The zero-order valence-corrected chi connectivity index (χ0v) is 15.2. The maximum Gasteiger partial charge on any atom is 0.225 e. The summed E-state index contributed by atoms with van der Waals surface area (Å²) < 4.78 is 0. The molecule has 0 fully saturated rings. The predicted molar refractivity (Wildman–Crippen MR) is 105 cm³/mol. The second-order valence-corrected chi connectivity index (χ2v) is 7.93. The molecule has 4 aromatic rings. The minimum absolute atomic E-state index is 0.0730. The van der Waals surface area contributed by atoms with Gasteiger partial charge in [-0.05, 0) is 34.5 Å². The molecule has 3 aromatic heterocycles. The third kappa shape index (κ3) is 3.52. The van der Waals surface area contributed by atoms with E-state index < -0.39 is 0 Å². The van der Waals surface area contributed by atoms with E-state index >= 15 is 0 Å². The fourth-order valence-electron chi connectivity index (χ4n) is 3.09. The highest BCUT2D eigenvalue weighted by atomic mass is 32.1. The van der Waals surface area contributed by atoms with Gasteiger partial charge in [-0.1, -0.05) is 30.3 Å². The summed E-state index contributed by atoms with van der Waals surface area (Å²) in [5.41, 5.74) is 2.36. The van der Waals surface area contributed by atoms with Gasteiger partial charge < -0.3 is 10.3 Å². The number of H-pyrrole nitrogens is 1. The Bertz CT molecular complexity index is 955. The number of benzene rings is 1. The molecule has 2 N–H and O–H groups in total. The van der Waals surface area contributed by atoms with Crippen molar-refractivity contribution >= 4 is 39.5 Å². The van der Waals surface area contributed by atoms with E-state index in [0.29, 0.717) is 13.0 Å². The number of aromatic nitrogens is 1. The minimum Gasteiger partial charge on any atom is -0.361 e. The minimum atomic E-state index is 0.0730. The van der Waals surface area contributed by atoms with Crippen LogP contribution in [0.1, 0.15) is 21.2 Å². The first-order valence-electron chi connectivity index (χ1n) is 8.20. The lowest BCUT2D eigenvalue weighted by Gasteiger charge is -2.16. The van der Waals surface area contributed by atoms with Crippen molar-refractivity contribution in [2.45, 2.75) is 12.3 Å². The molecule has 0 bridgehead atoms. The quantitative estimate of drug-likeness (QED) is 0.507. The second-order valence-electron chi connectivity index (χ2n) is 5.92.